The molecule has 4 aliphatic carbocycles. The van der Waals surface area contributed by atoms with E-state index in [9.17, 15) is 9.59 Å². The number of carbonyl (C=O) groups excluding carboxylic acids is 2. The molecule has 0 heterocycles. The molecular weight excluding hydrogens is 288 g/mol. The molecule has 0 unspecified atom stereocenters. The first kappa shape index (κ1) is 15.4. The van der Waals surface area contributed by atoms with Crippen molar-refractivity contribution in [3.05, 3.63) is 11.1 Å². The van der Waals surface area contributed by atoms with Crippen LogP contribution in [0.2, 0.25) is 0 Å². The normalized spacial score (nSPS) is 42.8. The minimum Gasteiger partial charge on any atom is -0.462 e. The molecule has 0 radical (unpaired) electrons. The van der Waals surface area contributed by atoms with Crippen LogP contribution in [0, 0.1) is 23.2 Å². The fraction of sp³-hybridized carbons (Fsp3) is 0.800. The summed E-state index contributed by atoms with van der Waals surface area (Å²) in [6.45, 7) is 3.90. The van der Waals surface area contributed by atoms with Crippen LogP contribution in [0.4, 0.5) is 0 Å². The molecule has 23 heavy (non-hydrogen) atoms. The van der Waals surface area contributed by atoms with Crippen LogP contribution >= 0.6 is 0 Å². The van der Waals surface area contributed by atoms with Crippen molar-refractivity contribution in [2.45, 2.75) is 77.7 Å². The molecule has 0 saturated heterocycles. The van der Waals surface area contributed by atoms with Gasteiger partial charge in [-0.05, 0) is 62.7 Å². The summed E-state index contributed by atoms with van der Waals surface area (Å²) in [5.41, 5.74) is 3.31. The molecule has 0 N–H and O–H groups in total. The molecule has 0 spiro atoms. The minimum atomic E-state index is -0.126. The van der Waals surface area contributed by atoms with Gasteiger partial charge < -0.3 is 4.74 Å². The van der Waals surface area contributed by atoms with Gasteiger partial charge >= 0.3 is 5.97 Å². The largest absolute Gasteiger partial charge is 0.462 e. The highest BCUT2D eigenvalue weighted by Gasteiger charge is 2.56. The molecule has 0 aromatic rings. The Labute approximate surface area is 138 Å². The fourth-order valence-electron chi connectivity index (χ4n) is 6.40. The second-order valence-electron chi connectivity index (χ2n) is 8.48. The Balaban J connectivity index is 1.59. The quantitative estimate of drug-likeness (QED) is 0.538. The third-order valence-corrected chi connectivity index (χ3v) is 7.42. The third kappa shape index (κ3) is 2.38. The number of rotatable bonds is 1. The molecule has 2 fully saturated rings. The molecule has 4 rings (SSSR count). The van der Waals surface area contributed by atoms with E-state index in [2.05, 4.69) is 6.92 Å². The number of fused-ring (bicyclic) bond motifs is 4. The summed E-state index contributed by atoms with van der Waals surface area (Å²) in [5.74, 6) is 2.47. The molecule has 0 aliphatic heterocycles. The number of Topliss-reactive ketones (excluding diaryl/α,β-unsaturated/α-hetero) is 1. The van der Waals surface area contributed by atoms with Gasteiger partial charge in [-0.25, -0.2) is 0 Å². The zero-order chi connectivity index (χ0) is 16.2. The summed E-state index contributed by atoms with van der Waals surface area (Å²) >= 11 is 0. The second kappa shape index (κ2) is 5.46. The molecular formula is C20H28O3. The Morgan fingerprint density at radius 2 is 1.96 bits per heavy atom. The van der Waals surface area contributed by atoms with Crippen molar-refractivity contribution in [2.75, 3.05) is 0 Å². The minimum absolute atomic E-state index is 0.120. The zero-order valence-corrected chi connectivity index (χ0v) is 14.4. The van der Waals surface area contributed by atoms with Gasteiger partial charge in [0.05, 0.1) is 0 Å². The summed E-state index contributed by atoms with van der Waals surface area (Å²) in [6.07, 6.45) is 9.64. The topological polar surface area (TPSA) is 43.4 Å². The molecule has 0 bridgehead atoms. The van der Waals surface area contributed by atoms with Crippen molar-refractivity contribution in [1.82, 2.24) is 0 Å². The van der Waals surface area contributed by atoms with E-state index in [0.29, 0.717) is 17.6 Å². The Bertz CT molecular complexity index is 575. The lowest BCUT2D eigenvalue weighted by Gasteiger charge is -2.51. The summed E-state index contributed by atoms with van der Waals surface area (Å²) in [4.78, 5) is 23.2. The van der Waals surface area contributed by atoms with E-state index in [1.807, 2.05) is 0 Å². The molecule has 3 nitrogen and oxygen atoms in total. The molecule has 0 aromatic heterocycles. The van der Waals surface area contributed by atoms with Gasteiger partial charge in [0.2, 0.25) is 0 Å². The van der Waals surface area contributed by atoms with Crippen LogP contribution in [0.3, 0.4) is 0 Å². The van der Waals surface area contributed by atoms with Crippen molar-refractivity contribution >= 4 is 11.8 Å². The molecule has 5 atom stereocenters. The Morgan fingerprint density at radius 1 is 1.13 bits per heavy atom. The molecule has 0 amide bonds. The number of ether oxygens (including phenoxy) is 1. The van der Waals surface area contributed by atoms with E-state index in [1.54, 1.807) is 12.5 Å². The van der Waals surface area contributed by atoms with Crippen molar-refractivity contribution in [3.63, 3.8) is 0 Å². The monoisotopic (exact) mass is 316 g/mol. The van der Waals surface area contributed by atoms with Crippen molar-refractivity contribution in [2.24, 2.45) is 23.2 Å². The van der Waals surface area contributed by atoms with Crippen molar-refractivity contribution < 1.29 is 14.3 Å². The lowest BCUT2D eigenvalue weighted by Crippen LogP contribution is -2.46. The van der Waals surface area contributed by atoms with Crippen LogP contribution in [0.15, 0.2) is 11.1 Å². The van der Waals surface area contributed by atoms with Gasteiger partial charge in [-0.3, -0.25) is 9.59 Å². The smallest absolute Gasteiger partial charge is 0.302 e. The van der Waals surface area contributed by atoms with Crippen LogP contribution < -0.4 is 0 Å². The van der Waals surface area contributed by atoms with E-state index < -0.39 is 0 Å². The molecule has 126 valence electrons. The zero-order valence-electron chi connectivity index (χ0n) is 14.4. The maximum absolute atomic E-state index is 11.8. The first-order valence-corrected chi connectivity index (χ1v) is 9.39. The first-order chi connectivity index (χ1) is 11.0. The van der Waals surface area contributed by atoms with Gasteiger partial charge in [0.1, 0.15) is 11.9 Å². The SMILES string of the molecule is CC(=O)O[C@@H]1CC[C@H]2[C@@H]3CCC4=C(CCC(=O)C4)[C@H]3CC[C@]12C. The predicted molar refractivity (Wildman–Crippen MR) is 87.7 cm³/mol. The Kier molecular flexibility index (Phi) is 3.66. The summed E-state index contributed by atoms with van der Waals surface area (Å²) in [5, 5.41) is 0. The number of ketones is 1. The van der Waals surface area contributed by atoms with E-state index in [4.69, 9.17) is 4.74 Å². The average Bonchev–Trinajstić information content (AvgIpc) is 2.83. The molecule has 2 saturated carbocycles. The lowest BCUT2D eigenvalue weighted by atomic mass is 9.54. The second-order valence-corrected chi connectivity index (χ2v) is 8.48. The average molecular weight is 316 g/mol. The van der Waals surface area contributed by atoms with Crippen LogP contribution in [0.25, 0.3) is 0 Å². The van der Waals surface area contributed by atoms with Crippen LogP contribution in [0.5, 0.6) is 0 Å². The third-order valence-electron chi connectivity index (χ3n) is 7.42. The van der Waals surface area contributed by atoms with Crippen molar-refractivity contribution in [1.29, 1.82) is 0 Å². The highest BCUT2D eigenvalue weighted by atomic mass is 16.5. The maximum Gasteiger partial charge on any atom is 0.302 e. The van der Waals surface area contributed by atoms with E-state index >= 15 is 0 Å². The number of hydrogen-bond donors (Lipinski definition) is 0. The molecule has 4 aliphatic rings. The number of esters is 1. The Hall–Kier alpha value is -1.12. The van der Waals surface area contributed by atoms with Gasteiger partial charge in [-0.2, -0.15) is 0 Å². The van der Waals surface area contributed by atoms with Gasteiger partial charge in [0.25, 0.3) is 0 Å². The van der Waals surface area contributed by atoms with Gasteiger partial charge in [0, 0.05) is 25.2 Å². The van der Waals surface area contributed by atoms with E-state index in [-0.39, 0.29) is 17.5 Å². The standard InChI is InChI=1S/C20H28O3/c1-12(21)23-19-8-7-18-17-5-3-13-11-14(22)4-6-15(13)16(17)9-10-20(18,19)2/h16-19H,3-11H2,1-2H3/t16-,17-,18+,19-,20+/m1/s1. The number of carbonyl (C=O) groups is 2. The number of hydrogen-bond acceptors (Lipinski definition) is 3. The summed E-state index contributed by atoms with van der Waals surface area (Å²) in [7, 11) is 0. The van der Waals surface area contributed by atoms with Gasteiger partial charge in [-0.15, -0.1) is 0 Å². The lowest BCUT2D eigenvalue weighted by molar-refractivity contribution is -0.155. The number of allylic oxidation sites excluding steroid dienone is 2. The molecule has 0 aromatic carbocycles. The molecule has 3 heteroatoms. The van der Waals surface area contributed by atoms with E-state index in [0.717, 1.165) is 38.0 Å². The maximum atomic E-state index is 11.8. The van der Waals surface area contributed by atoms with Gasteiger partial charge in [-0.1, -0.05) is 18.1 Å². The fourth-order valence-corrected chi connectivity index (χ4v) is 6.40. The van der Waals surface area contributed by atoms with E-state index in [1.165, 1.54) is 31.3 Å². The van der Waals surface area contributed by atoms with Crippen LogP contribution in [-0.4, -0.2) is 17.9 Å². The van der Waals surface area contributed by atoms with Crippen LogP contribution in [0.1, 0.15) is 71.6 Å². The van der Waals surface area contributed by atoms with Crippen LogP contribution in [-0.2, 0) is 14.3 Å². The van der Waals surface area contributed by atoms with Crippen molar-refractivity contribution in [3.8, 4) is 0 Å². The Morgan fingerprint density at radius 3 is 2.74 bits per heavy atom. The summed E-state index contributed by atoms with van der Waals surface area (Å²) in [6, 6.07) is 0. The first-order valence-electron chi connectivity index (χ1n) is 9.39. The van der Waals surface area contributed by atoms with Gasteiger partial charge in [0.15, 0.2) is 0 Å². The summed E-state index contributed by atoms with van der Waals surface area (Å²) < 4.78 is 5.69. The highest BCUT2D eigenvalue weighted by molar-refractivity contribution is 5.82. The highest BCUT2D eigenvalue weighted by Crippen LogP contribution is 2.61. The predicted octanol–water partition coefficient (Wildman–Crippen LogP) is 4.20.